The number of halogens is 6. The molecule has 0 radical (unpaired) electrons. The van der Waals surface area contributed by atoms with Crippen LogP contribution in [0.1, 0.15) is 34.6 Å². The highest BCUT2D eigenvalue weighted by molar-refractivity contribution is 7.86. The molecule has 0 fully saturated rings. The molecule has 0 aliphatic heterocycles. The number of carbonyl (C=O) groups is 3. The normalized spacial score (nSPS) is 11.7. The van der Waals surface area contributed by atoms with Gasteiger partial charge in [0, 0.05) is 18.1 Å². The van der Waals surface area contributed by atoms with Gasteiger partial charge in [-0.2, -0.15) is 17.6 Å². The highest BCUT2D eigenvalue weighted by atomic mass is 32.2. The third kappa shape index (κ3) is 13.8. The lowest BCUT2D eigenvalue weighted by Gasteiger charge is -2.22. The van der Waals surface area contributed by atoms with Crippen LogP contribution in [0, 0.1) is 0 Å². The quantitative estimate of drug-likeness (QED) is 0.129. The summed E-state index contributed by atoms with van der Waals surface area (Å²) in [7, 11) is -5.93. The number of hydrogen-bond acceptors (Lipinski definition) is 9. The Morgan fingerprint density at radius 2 is 1.29 bits per heavy atom. The Kier molecular flexibility index (Phi) is 14.7. The first-order chi connectivity index (χ1) is 14.5. The summed E-state index contributed by atoms with van der Waals surface area (Å²) in [5.74, 6) is -11.5. The monoisotopic (exact) mass is 531 g/mol. The fourth-order valence-corrected chi connectivity index (χ4v) is 1.34. The van der Waals surface area contributed by atoms with Crippen molar-refractivity contribution in [3.05, 3.63) is 24.3 Å². The molecular weight excluding hydrogens is 506 g/mol. The van der Waals surface area contributed by atoms with Gasteiger partial charge in [0.15, 0.2) is 23.3 Å². The fraction of sp³-hybridized carbons (Fsp3) is 0.611. The van der Waals surface area contributed by atoms with Crippen LogP contribution in [0.25, 0.3) is 0 Å². The second-order valence-electron chi connectivity index (χ2n) is 6.37. The molecule has 200 valence electrons. The summed E-state index contributed by atoms with van der Waals surface area (Å²) in [6.45, 7) is 5.42. The molecule has 0 saturated heterocycles. The molecule has 0 aromatic heterocycles. The SMILES string of the molecule is C.C=C(C)C(=O)OCC(=O)OCC(F)(F)S(=O)(=O)[O-].C=C(C)C(=O)OCCC(F)(F)C(C)(F)F. The lowest BCUT2D eigenvalue weighted by Crippen LogP contribution is -2.38. The van der Waals surface area contributed by atoms with Crippen LogP contribution in [-0.2, 0) is 38.7 Å². The Morgan fingerprint density at radius 1 is 0.882 bits per heavy atom. The first kappa shape index (κ1) is 36.0. The Morgan fingerprint density at radius 3 is 1.65 bits per heavy atom. The Balaban J connectivity index is -0.000000558. The zero-order chi connectivity index (χ0) is 26.8. The van der Waals surface area contributed by atoms with E-state index in [1.807, 2.05) is 0 Å². The van der Waals surface area contributed by atoms with Crippen molar-refractivity contribution in [1.82, 2.24) is 0 Å². The largest absolute Gasteiger partial charge is 0.743 e. The van der Waals surface area contributed by atoms with Crippen molar-refractivity contribution in [3.8, 4) is 0 Å². The molecule has 0 unspecified atom stereocenters. The first-order valence-corrected chi connectivity index (χ1v) is 9.85. The van der Waals surface area contributed by atoms with E-state index in [-0.39, 0.29) is 25.5 Å². The van der Waals surface area contributed by atoms with E-state index in [1.54, 1.807) is 0 Å². The highest BCUT2D eigenvalue weighted by Crippen LogP contribution is 2.36. The standard InChI is InChI=1S/C9H12F4O2.C8H10F2O7S.CH4/c1-6(2)7(14)15-5-4-9(12,13)8(3,10)11;1-5(2)7(12)16-3-6(11)17-4-8(9,10)18(13,14)15;/h1,4-5H2,2-3H3;1,3-4H2,2H3,(H,13,14,15);1H4/p-1. The maximum Gasteiger partial charge on any atom is 0.367 e. The maximum atomic E-state index is 12.6. The van der Waals surface area contributed by atoms with Gasteiger partial charge >= 0.3 is 35.0 Å². The van der Waals surface area contributed by atoms with Gasteiger partial charge in [0.1, 0.15) is 0 Å². The summed E-state index contributed by atoms with van der Waals surface area (Å²) in [4.78, 5) is 32.3. The lowest BCUT2D eigenvalue weighted by molar-refractivity contribution is -0.206. The van der Waals surface area contributed by atoms with Crippen molar-refractivity contribution in [2.45, 2.75) is 51.7 Å². The zero-order valence-corrected chi connectivity index (χ0v) is 18.4. The minimum absolute atomic E-state index is 0. The Hall–Kier alpha value is -2.62. The zero-order valence-electron chi connectivity index (χ0n) is 17.6. The van der Waals surface area contributed by atoms with Gasteiger partial charge in [-0.15, -0.1) is 0 Å². The van der Waals surface area contributed by atoms with Crippen LogP contribution in [0.15, 0.2) is 24.3 Å². The number of alkyl halides is 6. The highest BCUT2D eigenvalue weighted by Gasteiger charge is 2.51. The van der Waals surface area contributed by atoms with Gasteiger partial charge in [0.2, 0.25) is 0 Å². The molecule has 0 amide bonds. The van der Waals surface area contributed by atoms with Crippen LogP contribution in [0.5, 0.6) is 0 Å². The van der Waals surface area contributed by atoms with E-state index < -0.39 is 71.4 Å². The van der Waals surface area contributed by atoms with Gasteiger partial charge in [0.25, 0.3) is 0 Å². The van der Waals surface area contributed by atoms with Crippen molar-refractivity contribution >= 4 is 28.0 Å². The van der Waals surface area contributed by atoms with Crippen molar-refractivity contribution in [2.75, 3.05) is 19.8 Å². The maximum absolute atomic E-state index is 12.6. The van der Waals surface area contributed by atoms with Crippen LogP contribution in [0.2, 0.25) is 0 Å². The molecule has 34 heavy (non-hydrogen) atoms. The van der Waals surface area contributed by atoms with Crippen LogP contribution in [0.4, 0.5) is 26.3 Å². The molecule has 9 nitrogen and oxygen atoms in total. The number of ether oxygens (including phenoxy) is 3. The topological polar surface area (TPSA) is 136 Å². The molecule has 0 aliphatic carbocycles. The van der Waals surface area contributed by atoms with Gasteiger partial charge in [-0.3, -0.25) is 0 Å². The van der Waals surface area contributed by atoms with Gasteiger partial charge in [0.05, 0.1) is 13.0 Å². The second kappa shape index (κ2) is 13.9. The molecule has 16 heteroatoms. The third-order valence-corrected chi connectivity index (χ3v) is 3.93. The van der Waals surface area contributed by atoms with Gasteiger partial charge in [-0.05, 0) is 13.8 Å². The van der Waals surface area contributed by atoms with E-state index in [9.17, 15) is 53.7 Å². The van der Waals surface area contributed by atoms with Crippen LogP contribution >= 0.6 is 0 Å². The fourth-order valence-electron chi connectivity index (χ4n) is 1.14. The van der Waals surface area contributed by atoms with E-state index in [0.717, 1.165) is 0 Å². The van der Waals surface area contributed by atoms with E-state index in [0.29, 0.717) is 0 Å². The van der Waals surface area contributed by atoms with Crippen molar-refractivity contribution in [2.24, 2.45) is 0 Å². The molecule has 0 atom stereocenters. The number of esters is 3. The summed E-state index contributed by atoms with van der Waals surface area (Å²) in [5, 5.41) is -4.74. The molecule has 0 heterocycles. The number of hydrogen-bond donors (Lipinski definition) is 0. The van der Waals surface area contributed by atoms with E-state index in [2.05, 4.69) is 27.4 Å². The average Bonchev–Trinajstić information content (AvgIpc) is 2.62. The third-order valence-electron chi connectivity index (χ3n) is 3.08. The van der Waals surface area contributed by atoms with Crippen molar-refractivity contribution in [3.63, 3.8) is 0 Å². The van der Waals surface area contributed by atoms with Crippen molar-refractivity contribution < 1.29 is 67.9 Å². The van der Waals surface area contributed by atoms with Crippen molar-refractivity contribution in [1.29, 1.82) is 0 Å². The Bertz CT molecular complexity index is 848. The van der Waals surface area contributed by atoms with Crippen LogP contribution in [-0.4, -0.2) is 67.8 Å². The van der Waals surface area contributed by atoms with Gasteiger partial charge in [-0.25, -0.2) is 31.6 Å². The lowest BCUT2D eigenvalue weighted by atomic mass is 10.1. The molecule has 0 aromatic carbocycles. The van der Waals surface area contributed by atoms with Gasteiger partial charge in [-0.1, -0.05) is 20.6 Å². The molecule has 0 saturated carbocycles. The predicted molar refractivity (Wildman–Crippen MR) is 104 cm³/mol. The molecule has 0 rings (SSSR count). The summed E-state index contributed by atoms with van der Waals surface area (Å²) >= 11 is 0. The Labute approximate surface area is 192 Å². The molecule has 0 aliphatic rings. The summed E-state index contributed by atoms with van der Waals surface area (Å²) in [6.07, 6.45) is -1.21. The number of carbonyl (C=O) groups excluding carboxylic acids is 3. The molecule has 0 N–H and O–H groups in total. The minimum Gasteiger partial charge on any atom is -0.743 e. The van der Waals surface area contributed by atoms with E-state index in [1.165, 1.54) is 13.8 Å². The summed E-state index contributed by atoms with van der Waals surface area (Å²) in [5.41, 5.74) is -0.00293. The average molecular weight is 531 g/mol. The van der Waals surface area contributed by atoms with E-state index in [4.69, 9.17) is 0 Å². The van der Waals surface area contributed by atoms with E-state index >= 15 is 0 Å². The molecule has 0 bridgehead atoms. The predicted octanol–water partition coefficient (Wildman–Crippen LogP) is 3.21. The molecular formula is C18H25F6O9S-. The minimum atomic E-state index is -5.93. The summed E-state index contributed by atoms with van der Waals surface area (Å²) < 4.78 is 117. The van der Waals surface area contributed by atoms with Crippen LogP contribution in [0.3, 0.4) is 0 Å². The van der Waals surface area contributed by atoms with Crippen LogP contribution < -0.4 is 0 Å². The summed E-state index contributed by atoms with van der Waals surface area (Å²) in [6, 6.07) is 0. The molecule has 0 spiro atoms. The molecule has 0 aromatic rings. The second-order valence-corrected chi connectivity index (χ2v) is 7.87. The number of rotatable bonds is 11. The smallest absolute Gasteiger partial charge is 0.367 e. The first-order valence-electron chi connectivity index (χ1n) is 8.45. The van der Waals surface area contributed by atoms with Gasteiger partial charge < -0.3 is 18.8 Å².